The highest BCUT2D eigenvalue weighted by molar-refractivity contribution is 5.99. The minimum absolute atomic E-state index is 0.297. The smallest absolute Gasteiger partial charge is 0.214 e. The van der Waals surface area contributed by atoms with Gasteiger partial charge in [-0.15, -0.1) is 6.58 Å². The SMILES string of the molecule is C=CC.C=CC=O.CC.CCOc1ccc2nc(NC)n(C3CCCCN(C)C3)c2c1N(C)C=O. The molecule has 1 atom stereocenters. The number of aldehydes is 1. The van der Waals surface area contributed by atoms with Crippen molar-refractivity contribution in [2.45, 2.75) is 53.0 Å². The van der Waals surface area contributed by atoms with Crippen LogP contribution in [0.5, 0.6) is 5.75 Å². The minimum Gasteiger partial charge on any atom is -0.492 e. The second-order valence-corrected chi connectivity index (χ2v) is 7.68. The molecule has 1 aromatic carbocycles. The van der Waals surface area contributed by atoms with E-state index in [0.717, 1.165) is 48.6 Å². The number of hydrogen-bond acceptors (Lipinski definition) is 6. The van der Waals surface area contributed by atoms with Crippen molar-refractivity contribution in [3.8, 4) is 5.75 Å². The molecule has 0 bridgehead atoms. The molecule has 196 valence electrons. The van der Waals surface area contributed by atoms with E-state index in [0.29, 0.717) is 24.7 Å². The Bertz CT molecular complexity index is 904. The van der Waals surface area contributed by atoms with Crippen LogP contribution in [0.3, 0.4) is 0 Å². The Morgan fingerprint density at radius 2 is 1.89 bits per heavy atom. The fourth-order valence-corrected chi connectivity index (χ4v) is 3.86. The lowest BCUT2D eigenvalue weighted by atomic mass is 10.1. The van der Waals surface area contributed by atoms with E-state index in [2.05, 4.69) is 35.0 Å². The van der Waals surface area contributed by atoms with Gasteiger partial charge in [-0.1, -0.05) is 32.9 Å². The van der Waals surface area contributed by atoms with E-state index in [1.165, 1.54) is 18.9 Å². The molecule has 2 aromatic rings. The second kappa shape index (κ2) is 18.2. The van der Waals surface area contributed by atoms with Gasteiger partial charge in [-0.05, 0) is 58.5 Å². The third-order valence-electron chi connectivity index (χ3n) is 5.13. The number of amides is 1. The largest absolute Gasteiger partial charge is 0.492 e. The molecule has 2 heterocycles. The molecule has 0 aliphatic carbocycles. The van der Waals surface area contributed by atoms with Gasteiger partial charge in [0.05, 0.1) is 17.6 Å². The van der Waals surface area contributed by atoms with Gasteiger partial charge in [0.25, 0.3) is 0 Å². The molecule has 35 heavy (non-hydrogen) atoms. The van der Waals surface area contributed by atoms with Crippen LogP contribution < -0.4 is 15.0 Å². The Morgan fingerprint density at radius 1 is 1.26 bits per heavy atom. The van der Waals surface area contributed by atoms with Gasteiger partial charge in [-0.3, -0.25) is 9.59 Å². The maximum Gasteiger partial charge on any atom is 0.214 e. The van der Waals surface area contributed by atoms with Gasteiger partial charge >= 0.3 is 0 Å². The van der Waals surface area contributed by atoms with E-state index in [-0.39, 0.29) is 0 Å². The Kier molecular flexibility index (Phi) is 16.6. The Balaban J connectivity index is 0.00000112. The molecule has 0 spiro atoms. The summed E-state index contributed by atoms with van der Waals surface area (Å²) >= 11 is 0. The van der Waals surface area contributed by atoms with Crippen LogP contribution in [0.1, 0.15) is 53.0 Å². The summed E-state index contributed by atoms with van der Waals surface area (Å²) in [4.78, 5) is 29.4. The highest BCUT2D eigenvalue weighted by Gasteiger charge is 2.26. The molecule has 8 nitrogen and oxygen atoms in total. The quantitative estimate of drug-likeness (QED) is 0.324. The molecule has 0 radical (unpaired) electrons. The zero-order valence-corrected chi connectivity index (χ0v) is 22.7. The van der Waals surface area contributed by atoms with E-state index < -0.39 is 0 Å². The lowest BCUT2D eigenvalue weighted by Crippen LogP contribution is -2.27. The van der Waals surface area contributed by atoms with Gasteiger partial charge < -0.3 is 24.4 Å². The fourth-order valence-electron chi connectivity index (χ4n) is 3.86. The van der Waals surface area contributed by atoms with E-state index in [1.54, 1.807) is 18.0 Å². The maximum absolute atomic E-state index is 11.6. The highest BCUT2D eigenvalue weighted by Crippen LogP contribution is 2.40. The number of ether oxygens (including phenoxy) is 1. The third-order valence-corrected chi connectivity index (χ3v) is 5.13. The molecule has 1 fully saturated rings. The Hall–Kier alpha value is -3.13. The number of likely N-dealkylation sites (tertiary alicyclic amines) is 1. The van der Waals surface area contributed by atoms with Crippen molar-refractivity contribution in [3.63, 3.8) is 0 Å². The van der Waals surface area contributed by atoms with E-state index in [1.807, 2.05) is 46.9 Å². The first-order valence-electron chi connectivity index (χ1n) is 12.3. The first-order valence-corrected chi connectivity index (χ1v) is 12.3. The van der Waals surface area contributed by atoms with Crippen LogP contribution in [0.4, 0.5) is 11.6 Å². The van der Waals surface area contributed by atoms with Crippen molar-refractivity contribution in [2.75, 3.05) is 51.1 Å². The molecule has 1 saturated heterocycles. The van der Waals surface area contributed by atoms with Crippen LogP contribution in [-0.2, 0) is 9.59 Å². The lowest BCUT2D eigenvalue weighted by molar-refractivity contribution is -0.107. The average molecular weight is 488 g/mol. The van der Waals surface area contributed by atoms with Gasteiger partial charge in [0.1, 0.15) is 17.7 Å². The summed E-state index contributed by atoms with van der Waals surface area (Å²) in [6.45, 7) is 16.9. The molecule has 1 unspecified atom stereocenters. The lowest BCUT2D eigenvalue weighted by Gasteiger charge is -2.26. The summed E-state index contributed by atoms with van der Waals surface area (Å²) in [5.74, 6) is 1.54. The van der Waals surface area contributed by atoms with Crippen LogP contribution in [-0.4, -0.2) is 68.0 Å². The molecular formula is C27H45N5O3. The zero-order valence-electron chi connectivity index (χ0n) is 22.7. The number of benzene rings is 1. The van der Waals surface area contributed by atoms with Crippen LogP contribution >= 0.6 is 0 Å². The molecule has 3 rings (SSSR count). The topological polar surface area (TPSA) is 79.7 Å². The maximum atomic E-state index is 11.6. The van der Waals surface area contributed by atoms with Crippen molar-refractivity contribution in [1.82, 2.24) is 14.5 Å². The number of nitrogens with one attached hydrogen (secondary N) is 1. The van der Waals surface area contributed by atoms with E-state index >= 15 is 0 Å². The highest BCUT2D eigenvalue weighted by atomic mass is 16.5. The predicted molar refractivity (Wildman–Crippen MR) is 149 cm³/mol. The first-order chi connectivity index (χ1) is 16.9. The predicted octanol–water partition coefficient (Wildman–Crippen LogP) is 5.32. The Morgan fingerprint density at radius 3 is 2.40 bits per heavy atom. The minimum atomic E-state index is 0.297. The molecule has 8 heteroatoms. The number of allylic oxidation sites excluding steroid dienone is 2. The molecule has 1 aliphatic heterocycles. The number of carbonyl (C=O) groups excluding carboxylic acids is 2. The second-order valence-electron chi connectivity index (χ2n) is 7.68. The van der Waals surface area contributed by atoms with Crippen molar-refractivity contribution in [2.24, 2.45) is 0 Å². The first kappa shape index (κ1) is 31.9. The number of rotatable bonds is 7. The van der Waals surface area contributed by atoms with Gasteiger partial charge in [0.15, 0.2) is 0 Å². The third kappa shape index (κ3) is 9.20. The summed E-state index contributed by atoms with van der Waals surface area (Å²) < 4.78 is 8.09. The summed E-state index contributed by atoms with van der Waals surface area (Å²) in [6, 6.07) is 4.17. The molecule has 1 aliphatic rings. The van der Waals surface area contributed by atoms with E-state index in [9.17, 15) is 4.79 Å². The molecule has 1 aromatic heterocycles. The van der Waals surface area contributed by atoms with E-state index in [4.69, 9.17) is 14.5 Å². The van der Waals surface area contributed by atoms with Gasteiger partial charge in [-0.25, -0.2) is 4.98 Å². The van der Waals surface area contributed by atoms with Crippen LogP contribution in [0.2, 0.25) is 0 Å². The fraction of sp³-hybridized carbons (Fsp3) is 0.519. The molecule has 1 N–H and O–H groups in total. The molecular weight excluding hydrogens is 442 g/mol. The van der Waals surface area contributed by atoms with Crippen LogP contribution in [0, 0.1) is 0 Å². The van der Waals surface area contributed by atoms with Crippen molar-refractivity contribution >= 4 is 35.4 Å². The van der Waals surface area contributed by atoms with Crippen LogP contribution in [0.15, 0.2) is 37.4 Å². The van der Waals surface area contributed by atoms with Gasteiger partial charge in [0, 0.05) is 26.7 Å². The van der Waals surface area contributed by atoms with Crippen LogP contribution in [0.25, 0.3) is 11.0 Å². The number of anilines is 2. The van der Waals surface area contributed by atoms with Crippen molar-refractivity contribution in [1.29, 1.82) is 0 Å². The summed E-state index contributed by atoms with van der Waals surface area (Å²) in [5.41, 5.74) is 2.60. The van der Waals surface area contributed by atoms with Gasteiger partial charge in [-0.2, -0.15) is 0 Å². The summed E-state index contributed by atoms with van der Waals surface area (Å²) in [7, 11) is 5.82. The van der Waals surface area contributed by atoms with Crippen molar-refractivity contribution in [3.05, 3.63) is 37.4 Å². The molecule has 0 saturated carbocycles. The van der Waals surface area contributed by atoms with Gasteiger partial charge in [0.2, 0.25) is 12.4 Å². The average Bonchev–Trinajstić information content (AvgIpc) is 3.12. The molecule has 1 amide bonds. The number of aromatic nitrogens is 2. The standard InChI is InChI=1S/C19H29N5O2.C3H4O.C3H6.C2H6/c1-5-26-16-10-9-15-17(18(16)23(4)13-25)24(19(20-2)21-15)14-8-6-7-11-22(3)12-14;1-2-3-4;1-3-2;1-2/h9-10,13-14H,5-8,11-12H2,1-4H3,(H,20,21);2-3H,1H2;3H,1H2,2H3;1-2H3. The zero-order chi connectivity index (χ0) is 26.8. The number of imidazole rings is 1. The number of fused-ring (bicyclic) bond motifs is 1. The monoisotopic (exact) mass is 487 g/mol. The number of carbonyl (C=O) groups is 2. The number of likely N-dealkylation sites (N-methyl/N-ethyl adjacent to an activating group) is 1. The summed E-state index contributed by atoms with van der Waals surface area (Å²) in [6.07, 6.45) is 7.89. The Labute approximate surface area is 211 Å². The summed E-state index contributed by atoms with van der Waals surface area (Å²) in [5, 5.41) is 3.24. The normalized spacial score (nSPS) is 14.9. The number of nitrogens with zero attached hydrogens (tertiary/aromatic N) is 4. The number of hydrogen-bond donors (Lipinski definition) is 1. The van der Waals surface area contributed by atoms with Crippen molar-refractivity contribution < 1.29 is 14.3 Å².